The molecule has 1 N–H and O–H groups in total. The van der Waals surface area contributed by atoms with Crippen molar-refractivity contribution in [2.24, 2.45) is 0 Å². The Morgan fingerprint density at radius 1 is 1.11 bits per heavy atom. The lowest BCUT2D eigenvalue weighted by molar-refractivity contribution is -0.115. The third-order valence-electron chi connectivity index (χ3n) is 5.17. The maximum Gasteiger partial charge on any atom is 0.256 e. The number of nitrogens with one attached hydrogen (secondary N) is 1. The van der Waals surface area contributed by atoms with Crippen molar-refractivity contribution in [3.05, 3.63) is 46.2 Å². The summed E-state index contributed by atoms with van der Waals surface area (Å²) < 4.78 is 0. The van der Waals surface area contributed by atoms with Gasteiger partial charge in [-0.25, -0.2) is 0 Å². The van der Waals surface area contributed by atoms with Crippen molar-refractivity contribution in [1.82, 2.24) is 4.90 Å². The molecule has 0 bridgehead atoms. The van der Waals surface area contributed by atoms with Crippen molar-refractivity contribution >= 4 is 34.5 Å². The highest BCUT2D eigenvalue weighted by Gasteiger charge is 2.22. The molecule has 0 spiro atoms. The molecule has 1 fully saturated rings. The molecule has 28 heavy (non-hydrogen) atoms. The Morgan fingerprint density at radius 2 is 1.86 bits per heavy atom. The lowest BCUT2D eigenvalue weighted by Gasteiger charge is -2.31. The summed E-state index contributed by atoms with van der Waals surface area (Å²) in [6.45, 7) is 7.28. The number of hydrogen-bond acceptors (Lipinski definition) is 4. The molecule has 2 aromatic rings. The molecular weight excluding hydrogens is 370 g/mol. The van der Waals surface area contributed by atoms with Crippen LogP contribution in [0.2, 0.25) is 0 Å². The Bertz CT molecular complexity index is 794. The van der Waals surface area contributed by atoms with Crippen LogP contribution in [-0.4, -0.2) is 42.9 Å². The fourth-order valence-electron chi connectivity index (χ4n) is 3.65. The normalized spacial score (nSPS) is 14.0. The summed E-state index contributed by atoms with van der Waals surface area (Å²) in [6.07, 6.45) is 3.90. The zero-order valence-corrected chi connectivity index (χ0v) is 17.6. The zero-order valence-electron chi connectivity index (χ0n) is 16.7. The number of carbonyl (C=O) groups excluding carboxylic acids is 2. The predicted molar refractivity (Wildman–Crippen MR) is 116 cm³/mol. The van der Waals surface area contributed by atoms with E-state index in [-0.39, 0.29) is 11.8 Å². The third-order valence-corrected chi connectivity index (χ3v) is 6.05. The van der Waals surface area contributed by atoms with Gasteiger partial charge in [0, 0.05) is 42.4 Å². The Balaban J connectivity index is 1.84. The molecule has 2 amide bonds. The molecule has 0 radical (unpaired) electrons. The van der Waals surface area contributed by atoms with Crippen LogP contribution in [0.3, 0.4) is 0 Å². The Labute approximate surface area is 171 Å². The minimum atomic E-state index is -0.0607. The van der Waals surface area contributed by atoms with Gasteiger partial charge in [-0.3, -0.25) is 9.59 Å². The van der Waals surface area contributed by atoms with Crippen LogP contribution in [0, 0.1) is 0 Å². The summed E-state index contributed by atoms with van der Waals surface area (Å²) in [4.78, 5) is 30.7. The van der Waals surface area contributed by atoms with Crippen LogP contribution < -0.4 is 10.2 Å². The van der Waals surface area contributed by atoms with Crippen molar-refractivity contribution in [1.29, 1.82) is 0 Å². The smallest absolute Gasteiger partial charge is 0.256 e. The lowest BCUT2D eigenvalue weighted by Crippen LogP contribution is -2.35. The van der Waals surface area contributed by atoms with Crippen LogP contribution in [0.4, 0.5) is 11.4 Å². The highest BCUT2D eigenvalue weighted by atomic mass is 32.1. The first-order valence-electron chi connectivity index (χ1n) is 10.1. The summed E-state index contributed by atoms with van der Waals surface area (Å²) in [5, 5.41) is 4.93. The van der Waals surface area contributed by atoms with E-state index in [0.29, 0.717) is 30.8 Å². The summed E-state index contributed by atoms with van der Waals surface area (Å²) in [6, 6.07) is 9.65. The Morgan fingerprint density at radius 3 is 2.50 bits per heavy atom. The number of anilines is 2. The average Bonchev–Trinajstić information content (AvgIpc) is 3.22. The Kier molecular flexibility index (Phi) is 7.09. The van der Waals surface area contributed by atoms with Crippen molar-refractivity contribution in [3.8, 4) is 0 Å². The summed E-state index contributed by atoms with van der Waals surface area (Å²) >= 11 is 1.57. The van der Waals surface area contributed by atoms with Crippen LogP contribution in [0.1, 0.15) is 48.3 Å². The first-order valence-corrected chi connectivity index (χ1v) is 11.0. The van der Waals surface area contributed by atoms with Gasteiger partial charge >= 0.3 is 0 Å². The van der Waals surface area contributed by atoms with Gasteiger partial charge in [0.1, 0.15) is 0 Å². The maximum absolute atomic E-state index is 13.2. The second-order valence-electron chi connectivity index (χ2n) is 7.06. The average molecular weight is 400 g/mol. The van der Waals surface area contributed by atoms with E-state index in [0.717, 1.165) is 36.5 Å². The molecule has 3 rings (SSSR count). The van der Waals surface area contributed by atoms with Gasteiger partial charge in [-0.1, -0.05) is 6.07 Å². The lowest BCUT2D eigenvalue weighted by atomic mass is 10.0. The van der Waals surface area contributed by atoms with E-state index >= 15 is 0 Å². The van der Waals surface area contributed by atoms with Crippen molar-refractivity contribution in [2.45, 2.75) is 39.5 Å². The van der Waals surface area contributed by atoms with Gasteiger partial charge in [-0.05, 0) is 62.8 Å². The predicted octanol–water partition coefficient (Wildman–Crippen LogP) is 4.40. The maximum atomic E-state index is 13.2. The van der Waals surface area contributed by atoms with Gasteiger partial charge in [0.25, 0.3) is 5.91 Å². The van der Waals surface area contributed by atoms with Crippen LogP contribution >= 0.6 is 11.3 Å². The molecule has 5 nitrogen and oxygen atoms in total. The Hall–Kier alpha value is -2.34. The second-order valence-corrected chi connectivity index (χ2v) is 8.09. The van der Waals surface area contributed by atoms with Gasteiger partial charge in [-0.2, -0.15) is 0 Å². The first-order chi connectivity index (χ1) is 13.6. The standard InChI is InChI=1S/C22H29N3O2S/c1-3-24(4-2)22(27)19-15-17(23-21(26)16-18-9-8-14-28-18)10-11-20(19)25-12-6-5-7-13-25/h8-11,14-15H,3-7,12-13,16H2,1-2H3,(H,23,26). The quantitative estimate of drug-likeness (QED) is 0.751. The molecule has 1 aliphatic heterocycles. The summed E-state index contributed by atoms with van der Waals surface area (Å²) in [5.74, 6) is -0.0330. The number of nitrogens with zero attached hydrogens (tertiary/aromatic N) is 2. The topological polar surface area (TPSA) is 52.7 Å². The molecule has 0 saturated carbocycles. The van der Waals surface area contributed by atoms with E-state index in [2.05, 4.69) is 10.2 Å². The van der Waals surface area contributed by atoms with E-state index in [9.17, 15) is 9.59 Å². The summed E-state index contributed by atoms with van der Waals surface area (Å²) in [7, 11) is 0. The molecular formula is C22H29N3O2S. The molecule has 2 heterocycles. The largest absolute Gasteiger partial charge is 0.371 e. The van der Waals surface area contributed by atoms with E-state index in [4.69, 9.17) is 0 Å². The van der Waals surface area contributed by atoms with Crippen molar-refractivity contribution in [2.75, 3.05) is 36.4 Å². The number of amides is 2. The molecule has 150 valence electrons. The number of piperidine rings is 1. The van der Waals surface area contributed by atoms with Crippen LogP contribution in [0.5, 0.6) is 0 Å². The number of benzene rings is 1. The van der Waals surface area contributed by atoms with E-state index in [1.54, 1.807) is 11.3 Å². The minimum Gasteiger partial charge on any atom is -0.371 e. The monoisotopic (exact) mass is 399 g/mol. The molecule has 6 heteroatoms. The van der Waals surface area contributed by atoms with E-state index in [1.165, 1.54) is 6.42 Å². The summed E-state index contributed by atoms with van der Waals surface area (Å²) in [5.41, 5.74) is 2.34. The molecule has 1 saturated heterocycles. The third kappa shape index (κ3) is 4.93. The number of thiophene rings is 1. The van der Waals surface area contributed by atoms with Crippen molar-refractivity contribution < 1.29 is 9.59 Å². The van der Waals surface area contributed by atoms with Crippen LogP contribution in [0.15, 0.2) is 35.7 Å². The fourth-order valence-corrected chi connectivity index (χ4v) is 4.36. The van der Waals surface area contributed by atoms with Gasteiger partial charge in [0.05, 0.1) is 12.0 Å². The van der Waals surface area contributed by atoms with Gasteiger partial charge in [0.2, 0.25) is 5.91 Å². The fraction of sp³-hybridized carbons (Fsp3) is 0.455. The number of rotatable bonds is 7. The molecule has 0 unspecified atom stereocenters. The first kappa shape index (κ1) is 20.4. The van der Waals surface area contributed by atoms with Gasteiger partial charge < -0.3 is 15.1 Å². The van der Waals surface area contributed by atoms with Gasteiger partial charge in [0.15, 0.2) is 0 Å². The second kappa shape index (κ2) is 9.73. The highest BCUT2D eigenvalue weighted by Crippen LogP contribution is 2.28. The van der Waals surface area contributed by atoms with Crippen LogP contribution in [-0.2, 0) is 11.2 Å². The minimum absolute atomic E-state index is 0.0277. The van der Waals surface area contributed by atoms with E-state index < -0.39 is 0 Å². The van der Waals surface area contributed by atoms with Crippen molar-refractivity contribution in [3.63, 3.8) is 0 Å². The highest BCUT2D eigenvalue weighted by molar-refractivity contribution is 7.10. The molecule has 0 aliphatic carbocycles. The zero-order chi connectivity index (χ0) is 19.9. The molecule has 1 aromatic carbocycles. The molecule has 0 atom stereocenters. The van der Waals surface area contributed by atoms with Crippen LogP contribution in [0.25, 0.3) is 0 Å². The number of hydrogen-bond donors (Lipinski definition) is 1. The number of carbonyl (C=O) groups is 2. The van der Waals surface area contributed by atoms with Gasteiger partial charge in [-0.15, -0.1) is 11.3 Å². The molecule has 1 aromatic heterocycles. The van der Waals surface area contributed by atoms with E-state index in [1.807, 2.05) is 54.5 Å². The SMILES string of the molecule is CCN(CC)C(=O)c1cc(NC(=O)Cc2cccs2)ccc1N1CCCCC1. The molecule has 1 aliphatic rings.